The van der Waals surface area contributed by atoms with E-state index in [1.165, 1.54) is 70.3 Å². The number of pyridine rings is 1. The van der Waals surface area contributed by atoms with Crippen molar-refractivity contribution < 1.29 is 0 Å². The van der Waals surface area contributed by atoms with Gasteiger partial charge in [-0.15, -0.1) is 0 Å². The third-order valence-electron chi connectivity index (χ3n) is 5.41. The Morgan fingerprint density at radius 2 is 1.86 bits per heavy atom. The van der Waals surface area contributed by atoms with E-state index in [1.54, 1.807) is 0 Å². The van der Waals surface area contributed by atoms with Gasteiger partial charge in [0.05, 0.1) is 0 Å². The fraction of sp³-hybridized carbons (Fsp3) is 0.722. The van der Waals surface area contributed by atoms with Crippen molar-refractivity contribution in [1.82, 2.24) is 14.8 Å². The minimum atomic E-state index is 0.816. The molecule has 0 saturated carbocycles. The standard InChI is InChI=1S/C18H29N3/c1-2-20-14-9-18(10-15-20)21-13-3-4-17(21)6-5-16-7-11-19-12-8-16/h7-8,11-12,17-18H,2-6,9-10,13-15H2,1H3. The number of hydrogen-bond acceptors (Lipinski definition) is 3. The molecular weight excluding hydrogens is 258 g/mol. The Balaban J connectivity index is 1.51. The van der Waals surface area contributed by atoms with Crippen LogP contribution in [0.1, 0.15) is 44.6 Å². The Kier molecular flexibility index (Phi) is 5.26. The van der Waals surface area contributed by atoms with E-state index >= 15 is 0 Å². The molecular formula is C18H29N3. The molecule has 0 aliphatic carbocycles. The zero-order chi connectivity index (χ0) is 14.5. The molecule has 1 aromatic rings. The Hall–Kier alpha value is -0.930. The smallest absolute Gasteiger partial charge is 0.0270 e. The van der Waals surface area contributed by atoms with E-state index in [-0.39, 0.29) is 0 Å². The second-order valence-corrected chi connectivity index (χ2v) is 6.59. The summed E-state index contributed by atoms with van der Waals surface area (Å²) < 4.78 is 0. The topological polar surface area (TPSA) is 19.4 Å². The van der Waals surface area contributed by atoms with Crippen LogP contribution in [0.2, 0.25) is 0 Å². The number of piperidine rings is 1. The first-order valence-electron chi connectivity index (χ1n) is 8.74. The fourth-order valence-corrected chi connectivity index (χ4v) is 4.10. The molecule has 3 rings (SSSR count). The lowest BCUT2D eigenvalue weighted by Crippen LogP contribution is -2.46. The predicted molar refractivity (Wildman–Crippen MR) is 87.4 cm³/mol. The van der Waals surface area contributed by atoms with Gasteiger partial charge in [0.15, 0.2) is 0 Å². The molecule has 2 saturated heterocycles. The van der Waals surface area contributed by atoms with Crippen LogP contribution in [0.4, 0.5) is 0 Å². The molecule has 2 aliphatic heterocycles. The predicted octanol–water partition coefficient (Wildman–Crippen LogP) is 2.96. The molecule has 3 heterocycles. The first-order valence-corrected chi connectivity index (χ1v) is 8.74. The highest BCUT2D eigenvalue weighted by Gasteiger charge is 2.32. The van der Waals surface area contributed by atoms with Crippen LogP contribution in [0.5, 0.6) is 0 Å². The SMILES string of the molecule is CCN1CCC(N2CCCC2CCc2ccncc2)CC1. The van der Waals surface area contributed by atoms with Gasteiger partial charge in [0.2, 0.25) is 0 Å². The van der Waals surface area contributed by atoms with E-state index in [4.69, 9.17) is 0 Å². The average molecular weight is 287 g/mol. The zero-order valence-corrected chi connectivity index (χ0v) is 13.4. The molecule has 0 radical (unpaired) electrons. The van der Waals surface area contributed by atoms with Crippen molar-refractivity contribution >= 4 is 0 Å². The Labute approximate surface area is 129 Å². The van der Waals surface area contributed by atoms with Crippen LogP contribution >= 0.6 is 0 Å². The van der Waals surface area contributed by atoms with Gasteiger partial charge in [-0.1, -0.05) is 6.92 Å². The molecule has 21 heavy (non-hydrogen) atoms. The minimum Gasteiger partial charge on any atom is -0.303 e. The van der Waals surface area contributed by atoms with Crippen molar-refractivity contribution in [3.05, 3.63) is 30.1 Å². The number of aromatic nitrogens is 1. The lowest BCUT2D eigenvalue weighted by atomic mass is 9.99. The summed E-state index contributed by atoms with van der Waals surface area (Å²) in [7, 11) is 0. The van der Waals surface area contributed by atoms with Gasteiger partial charge in [-0.05, 0) is 82.4 Å². The molecule has 0 bridgehead atoms. The summed E-state index contributed by atoms with van der Waals surface area (Å²) in [4.78, 5) is 9.55. The first-order chi connectivity index (χ1) is 10.4. The maximum absolute atomic E-state index is 4.11. The fourth-order valence-electron chi connectivity index (χ4n) is 4.10. The third kappa shape index (κ3) is 3.83. The normalized spacial score (nSPS) is 25.5. The van der Waals surface area contributed by atoms with Crippen molar-refractivity contribution in [3.63, 3.8) is 0 Å². The van der Waals surface area contributed by atoms with E-state index in [0.717, 1.165) is 12.1 Å². The maximum Gasteiger partial charge on any atom is 0.0270 e. The van der Waals surface area contributed by atoms with Crippen molar-refractivity contribution in [2.45, 2.75) is 57.5 Å². The van der Waals surface area contributed by atoms with Crippen LogP contribution in [0, 0.1) is 0 Å². The molecule has 2 fully saturated rings. The largest absolute Gasteiger partial charge is 0.303 e. The summed E-state index contributed by atoms with van der Waals surface area (Å²) in [6.45, 7) is 7.44. The molecule has 0 N–H and O–H groups in total. The molecule has 3 nitrogen and oxygen atoms in total. The average Bonchev–Trinajstić information content (AvgIpc) is 3.02. The molecule has 3 heteroatoms. The number of rotatable bonds is 5. The van der Waals surface area contributed by atoms with Crippen molar-refractivity contribution in [2.24, 2.45) is 0 Å². The second kappa shape index (κ2) is 7.37. The van der Waals surface area contributed by atoms with Crippen LogP contribution in [0.15, 0.2) is 24.5 Å². The Morgan fingerprint density at radius 1 is 1.10 bits per heavy atom. The molecule has 2 aliphatic rings. The number of aryl methyl sites for hydroxylation is 1. The summed E-state index contributed by atoms with van der Waals surface area (Å²) in [6, 6.07) is 5.99. The summed E-state index contributed by atoms with van der Waals surface area (Å²) in [6.07, 6.45) is 11.9. The van der Waals surface area contributed by atoms with Crippen LogP contribution in [0.25, 0.3) is 0 Å². The van der Waals surface area contributed by atoms with E-state index in [0.29, 0.717) is 0 Å². The third-order valence-corrected chi connectivity index (χ3v) is 5.41. The molecule has 116 valence electrons. The summed E-state index contributed by atoms with van der Waals surface area (Å²) in [5, 5.41) is 0. The van der Waals surface area contributed by atoms with Crippen LogP contribution in [-0.2, 0) is 6.42 Å². The summed E-state index contributed by atoms with van der Waals surface area (Å²) in [5.74, 6) is 0. The van der Waals surface area contributed by atoms with E-state index in [1.807, 2.05) is 12.4 Å². The lowest BCUT2D eigenvalue weighted by Gasteiger charge is -2.39. The van der Waals surface area contributed by atoms with Crippen LogP contribution in [0.3, 0.4) is 0 Å². The molecule has 1 unspecified atom stereocenters. The van der Waals surface area contributed by atoms with Crippen LogP contribution < -0.4 is 0 Å². The summed E-state index contributed by atoms with van der Waals surface area (Å²) >= 11 is 0. The van der Waals surface area contributed by atoms with Crippen molar-refractivity contribution in [3.8, 4) is 0 Å². The molecule has 0 aromatic carbocycles. The van der Waals surface area contributed by atoms with Gasteiger partial charge in [0.25, 0.3) is 0 Å². The molecule has 1 aromatic heterocycles. The van der Waals surface area contributed by atoms with Crippen LogP contribution in [-0.4, -0.2) is 53.0 Å². The van der Waals surface area contributed by atoms with Gasteiger partial charge in [0, 0.05) is 24.5 Å². The van der Waals surface area contributed by atoms with Gasteiger partial charge in [-0.2, -0.15) is 0 Å². The molecule has 0 spiro atoms. The van der Waals surface area contributed by atoms with Gasteiger partial charge in [0.1, 0.15) is 0 Å². The Morgan fingerprint density at radius 3 is 2.57 bits per heavy atom. The van der Waals surface area contributed by atoms with E-state index < -0.39 is 0 Å². The Bertz CT molecular complexity index is 412. The van der Waals surface area contributed by atoms with Gasteiger partial charge in [-0.3, -0.25) is 9.88 Å². The van der Waals surface area contributed by atoms with Gasteiger partial charge >= 0.3 is 0 Å². The molecule has 1 atom stereocenters. The quantitative estimate of drug-likeness (QED) is 0.830. The van der Waals surface area contributed by atoms with E-state index in [2.05, 4.69) is 33.8 Å². The second-order valence-electron chi connectivity index (χ2n) is 6.59. The lowest BCUT2D eigenvalue weighted by molar-refractivity contribution is 0.0982. The summed E-state index contributed by atoms with van der Waals surface area (Å²) in [5.41, 5.74) is 1.44. The van der Waals surface area contributed by atoms with E-state index in [9.17, 15) is 0 Å². The number of nitrogens with zero attached hydrogens (tertiary/aromatic N) is 3. The zero-order valence-electron chi connectivity index (χ0n) is 13.4. The number of hydrogen-bond donors (Lipinski definition) is 0. The van der Waals surface area contributed by atoms with Gasteiger partial charge < -0.3 is 4.90 Å². The maximum atomic E-state index is 4.11. The van der Waals surface area contributed by atoms with Crippen molar-refractivity contribution in [1.29, 1.82) is 0 Å². The number of likely N-dealkylation sites (tertiary alicyclic amines) is 2. The highest BCUT2D eigenvalue weighted by atomic mass is 15.2. The molecule has 0 amide bonds. The van der Waals surface area contributed by atoms with Gasteiger partial charge in [-0.25, -0.2) is 0 Å². The highest BCUT2D eigenvalue weighted by Crippen LogP contribution is 2.28. The minimum absolute atomic E-state index is 0.816. The van der Waals surface area contributed by atoms with Crippen molar-refractivity contribution in [2.75, 3.05) is 26.2 Å². The monoisotopic (exact) mass is 287 g/mol. The first kappa shape index (κ1) is 15.0. The highest BCUT2D eigenvalue weighted by molar-refractivity contribution is 5.10.